The van der Waals surface area contributed by atoms with Crippen LogP contribution in [0.4, 0.5) is 13.2 Å². The van der Waals surface area contributed by atoms with Crippen molar-refractivity contribution in [2.45, 2.75) is 89.4 Å². The largest absolute Gasteiger partial charge is 0.494 e. The third kappa shape index (κ3) is 12.6. The summed E-state index contributed by atoms with van der Waals surface area (Å²) in [5.41, 5.74) is 3.45. The highest BCUT2D eigenvalue weighted by atomic mass is 35.5. The molecule has 3 aromatic carbocycles. The second-order valence-electron chi connectivity index (χ2n) is 14.0. The van der Waals surface area contributed by atoms with E-state index in [1.54, 1.807) is 4.68 Å². The molecule has 8 nitrogen and oxygen atoms in total. The van der Waals surface area contributed by atoms with Crippen LogP contribution in [0.15, 0.2) is 77.6 Å². The van der Waals surface area contributed by atoms with Crippen molar-refractivity contribution < 1.29 is 27.8 Å². The van der Waals surface area contributed by atoms with Gasteiger partial charge in [-0.2, -0.15) is 18.3 Å². The maximum atomic E-state index is 13.5. The summed E-state index contributed by atoms with van der Waals surface area (Å²) in [7, 11) is 0. The zero-order valence-corrected chi connectivity index (χ0v) is 31.0. The van der Waals surface area contributed by atoms with Crippen LogP contribution in [-0.4, -0.2) is 82.2 Å². The van der Waals surface area contributed by atoms with Crippen LogP contribution in [0.2, 0.25) is 5.02 Å². The Labute approximate surface area is 314 Å². The maximum Gasteiger partial charge on any atom is 0.490 e. The van der Waals surface area contributed by atoms with E-state index in [0.29, 0.717) is 19.0 Å². The molecule has 1 N–H and O–H groups in total. The third-order valence-electron chi connectivity index (χ3n) is 10.0. The number of carboxylic acids is 1. The van der Waals surface area contributed by atoms with E-state index in [1.807, 2.05) is 48.5 Å². The van der Waals surface area contributed by atoms with Crippen molar-refractivity contribution >= 4 is 28.3 Å². The van der Waals surface area contributed by atoms with Crippen molar-refractivity contribution in [2.24, 2.45) is 0 Å². The van der Waals surface area contributed by atoms with Crippen LogP contribution in [0, 0.1) is 0 Å². The number of ether oxygens (including phenoxy) is 1. The summed E-state index contributed by atoms with van der Waals surface area (Å²) >= 11 is 6.12. The monoisotopic (exact) mass is 754 g/mol. The molecule has 1 atom stereocenters. The maximum absolute atomic E-state index is 13.5. The normalized spacial score (nSPS) is 16.9. The molecule has 2 aliphatic heterocycles. The number of carbonyl (C=O) groups is 1. The molecule has 4 aromatic rings. The van der Waals surface area contributed by atoms with Crippen molar-refractivity contribution in [3.05, 3.63) is 105 Å². The Morgan fingerprint density at radius 3 is 2.17 bits per heavy atom. The number of carboxylic acid groups (broad SMARTS) is 1. The van der Waals surface area contributed by atoms with Crippen LogP contribution in [0.3, 0.4) is 0 Å². The van der Waals surface area contributed by atoms with Crippen LogP contribution in [0.25, 0.3) is 10.8 Å². The summed E-state index contributed by atoms with van der Waals surface area (Å²) in [4.78, 5) is 27.6. The lowest BCUT2D eigenvalue weighted by Gasteiger charge is -2.25. The van der Waals surface area contributed by atoms with Gasteiger partial charge in [-0.3, -0.25) is 9.69 Å². The number of fused-ring (bicyclic) bond motifs is 1. The second-order valence-corrected chi connectivity index (χ2v) is 14.4. The number of unbranched alkanes of at least 4 members (excludes halogenated alkanes) is 1. The number of alkyl halides is 3. The minimum absolute atomic E-state index is 0.00661. The first-order chi connectivity index (χ1) is 25.6. The standard InChI is InChI=1S/C39H49ClN4O2.C2HF3O2/c40-33-19-15-32(16-20-33)29-38-36-13-3-4-14-37(36)39(45)44(41-38)30-34-12-9-27-43(34)26-8-5-11-31-17-21-35(22-18-31)46-28-10-25-42-23-6-1-2-7-24-42;3-2(4,5)1(6)7/h3-4,13-22,34H,1-2,5-12,23-30H2;(H,6,7)/t34-;/m1./s1. The molecule has 0 amide bonds. The molecular weight excluding hydrogens is 705 g/mol. The molecule has 12 heteroatoms. The quantitative estimate of drug-likeness (QED) is 0.129. The number of benzene rings is 3. The molecule has 0 bridgehead atoms. The van der Waals surface area contributed by atoms with Crippen LogP contribution < -0.4 is 10.3 Å². The van der Waals surface area contributed by atoms with E-state index in [9.17, 15) is 18.0 Å². The van der Waals surface area contributed by atoms with Gasteiger partial charge in [0, 0.05) is 29.4 Å². The van der Waals surface area contributed by atoms with Crippen LogP contribution in [0.5, 0.6) is 5.75 Å². The average molecular weight is 755 g/mol. The van der Waals surface area contributed by atoms with Gasteiger partial charge in [-0.05, 0) is 119 Å². The van der Waals surface area contributed by atoms with Crippen LogP contribution >= 0.6 is 11.6 Å². The Balaban J connectivity index is 0.000000705. The molecule has 0 unspecified atom stereocenters. The fourth-order valence-electron chi connectivity index (χ4n) is 7.19. The Morgan fingerprint density at radius 2 is 1.49 bits per heavy atom. The smallest absolute Gasteiger partial charge is 0.490 e. The average Bonchev–Trinajstić information content (AvgIpc) is 3.42. The number of aliphatic carboxylic acids is 1. The Bertz CT molecular complexity index is 1790. The summed E-state index contributed by atoms with van der Waals surface area (Å²) in [6.45, 7) is 7.23. The van der Waals surface area contributed by atoms with E-state index in [1.165, 1.54) is 50.8 Å². The van der Waals surface area contributed by atoms with Gasteiger partial charge in [0.05, 0.1) is 24.2 Å². The Hall–Kier alpha value is -3.93. The summed E-state index contributed by atoms with van der Waals surface area (Å²) < 4.78 is 39.5. The Kier molecular flexibility index (Phi) is 15.2. The lowest BCUT2D eigenvalue weighted by molar-refractivity contribution is -0.192. The number of nitrogens with zero attached hydrogens (tertiary/aromatic N) is 4. The summed E-state index contributed by atoms with van der Waals surface area (Å²) in [5, 5.41) is 14.5. The van der Waals surface area contributed by atoms with Crippen molar-refractivity contribution in [3.63, 3.8) is 0 Å². The second kappa shape index (κ2) is 19.9. The molecule has 6 rings (SSSR count). The fourth-order valence-corrected chi connectivity index (χ4v) is 7.31. The minimum Gasteiger partial charge on any atom is -0.494 e. The van der Waals surface area contributed by atoms with Crippen molar-refractivity contribution in [1.29, 1.82) is 0 Å². The molecule has 1 aromatic heterocycles. The minimum atomic E-state index is -5.08. The summed E-state index contributed by atoms with van der Waals surface area (Å²) in [5.74, 6) is -1.78. The van der Waals surface area contributed by atoms with Gasteiger partial charge in [-0.15, -0.1) is 0 Å². The molecule has 2 aliphatic rings. The predicted molar refractivity (Wildman–Crippen MR) is 203 cm³/mol. The van der Waals surface area contributed by atoms with Gasteiger partial charge < -0.3 is 14.7 Å². The van der Waals surface area contributed by atoms with Crippen LogP contribution in [-0.2, 0) is 24.2 Å². The van der Waals surface area contributed by atoms with E-state index in [-0.39, 0.29) is 5.56 Å². The molecule has 0 radical (unpaired) electrons. The SMILES string of the molecule is O=C(O)C(F)(F)F.O=c1c2ccccc2c(Cc2ccc(Cl)cc2)nn1C[C@H]1CCCN1CCCCc1ccc(OCCCN2CCCCCC2)cc1. The molecule has 2 fully saturated rings. The summed E-state index contributed by atoms with van der Waals surface area (Å²) in [6, 6.07) is 24.8. The summed E-state index contributed by atoms with van der Waals surface area (Å²) in [6.07, 6.45) is 7.79. The Morgan fingerprint density at radius 1 is 0.830 bits per heavy atom. The third-order valence-corrected chi connectivity index (χ3v) is 10.3. The van der Waals surface area contributed by atoms with Gasteiger partial charge in [0.2, 0.25) is 0 Å². The van der Waals surface area contributed by atoms with Crippen molar-refractivity contribution in [2.75, 3.05) is 39.3 Å². The van der Waals surface area contributed by atoms with Gasteiger partial charge in [-0.1, -0.05) is 66.9 Å². The molecule has 0 aliphatic carbocycles. The molecular formula is C41H50ClF3N4O4. The van der Waals surface area contributed by atoms with Gasteiger partial charge in [0.1, 0.15) is 5.75 Å². The number of aryl methyl sites for hydroxylation is 1. The van der Waals surface area contributed by atoms with E-state index in [2.05, 4.69) is 34.1 Å². The predicted octanol–water partition coefficient (Wildman–Crippen LogP) is 8.41. The zero-order chi connectivity index (χ0) is 37.6. The zero-order valence-electron chi connectivity index (χ0n) is 30.2. The number of hydrogen-bond acceptors (Lipinski definition) is 6. The molecule has 3 heterocycles. The van der Waals surface area contributed by atoms with Crippen molar-refractivity contribution in [1.82, 2.24) is 19.6 Å². The van der Waals surface area contributed by atoms with Gasteiger partial charge in [0.15, 0.2) is 0 Å². The number of rotatable bonds is 14. The highest BCUT2D eigenvalue weighted by molar-refractivity contribution is 6.30. The van der Waals surface area contributed by atoms with Crippen LogP contribution in [0.1, 0.15) is 74.6 Å². The highest BCUT2D eigenvalue weighted by Gasteiger charge is 2.38. The van der Waals surface area contributed by atoms with Gasteiger partial charge >= 0.3 is 12.1 Å². The number of hydrogen-bond donors (Lipinski definition) is 1. The first-order valence-corrected chi connectivity index (χ1v) is 19.2. The topological polar surface area (TPSA) is 87.9 Å². The molecule has 0 spiro atoms. The molecule has 0 saturated carbocycles. The highest BCUT2D eigenvalue weighted by Crippen LogP contribution is 2.23. The van der Waals surface area contributed by atoms with Gasteiger partial charge in [-0.25, -0.2) is 9.48 Å². The lowest BCUT2D eigenvalue weighted by atomic mass is 10.0. The molecule has 286 valence electrons. The van der Waals surface area contributed by atoms with E-state index in [4.69, 9.17) is 31.3 Å². The molecule has 53 heavy (non-hydrogen) atoms. The lowest BCUT2D eigenvalue weighted by Crippen LogP contribution is -2.38. The number of aromatic nitrogens is 2. The number of likely N-dealkylation sites (tertiary alicyclic amines) is 2. The van der Waals surface area contributed by atoms with E-state index < -0.39 is 12.1 Å². The first-order valence-electron chi connectivity index (χ1n) is 18.8. The first kappa shape index (κ1) is 40.3. The van der Waals surface area contributed by atoms with Gasteiger partial charge in [0.25, 0.3) is 5.56 Å². The van der Waals surface area contributed by atoms with E-state index >= 15 is 0 Å². The van der Waals surface area contributed by atoms with E-state index in [0.717, 1.165) is 91.1 Å². The fraction of sp³-hybridized carbons (Fsp3) is 0.488. The molecule has 2 saturated heterocycles. The number of halogens is 4. The van der Waals surface area contributed by atoms with Crippen molar-refractivity contribution in [3.8, 4) is 5.75 Å².